The van der Waals surface area contributed by atoms with Gasteiger partial charge in [-0.05, 0) is 56.8 Å². The number of nitrogens with one attached hydrogen (secondary N) is 1. The molecule has 3 aliphatic carbocycles. The molecule has 3 aliphatic rings. The molecule has 3 heteroatoms. The van der Waals surface area contributed by atoms with Crippen molar-refractivity contribution in [1.29, 1.82) is 0 Å². The fraction of sp³-hybridized carbons (Fsp3) is 0.938. The Labute approximate surface area is 116 Å². The van der Waals surface area contributed by atoms with Gasteiger partial charge in [-0.2, -0.15) is 0 Å². The van der Waals surface area contributed by atoms with E-state index < -0.39 is 5.54 Å². The molecule has 0 aromatic carbocycles. The number of rotatable bonds is 5. The van der Waals surface area contributed by atoms with Crippen molar-refractivity contribution >= 4 is 5.91 Å². The molecule has 3 nitrogen and oxygen atoms in total. The van der Waals surface area contributed by atoms with Gasteiger partial charge in [-0.15, -0.1) is 0 Å². The molecule has 3 atom stereocenters. The van der Waals surface area contributed by atoms with Crippen LogP contribution in [-0.4, -0.2) is 23.2 Å². The summed E-state index contributed by atoms with van der Waals surface area (Å²) in [5.74, 6) is 2.41. The molecule has 0 radical (unpaired) electrons. The van der Waals surface area contributed by atoms with Gasteiger partial charge >= 0.3 is 0 Å². The predicted molar refractivity (Wildman–Crippen MR) is 74.5 cm³/mol. The highest BCUT2D eigenvalue weighted by Crippen LogP contribution is 2.54. The molecule has 19 heavy (non-hydrogen) atoms. The van der Waals surface area contributed by atoms with Crippen LogP contribution in [0, 0.1) is 23.7 Å². The van der Waals surface area contributed by atoms with E-state index in [0.29, 0.717) is 11.8 Å². The van der Waals surface area contributed by atoms with Crippen LogP contribution in [0.25, 0.3) is 0 Å². The highest BCUT2D eigenvalue weighted by molar-refractivity contribution is 5.82. The van der Waals surface area contributed by atoms with E-state index in [1.807, 2.05) is 6.92 Å². The summed E-state index contributed by atoms with van der Waals surface area (Å²) < 4.78 is 0. The van der Waals surface area contributed by atoms with Crippen LogP contribution in [0.5, 0.6) is 0 Å². The van der Waals surface area contributed by atoms with E-state index in [1.165, 1.54) is 32.1 Å². The van der Waals surface area contributed by atoms with Gasteiger partial charge in [0.05, 0.1) is 12.1 Å². The van der Waals surface area contributed by atoms with Crippen LogP contribution in [0.1, 0.15) is 58.3 Å². The van der Waals surface area contributed by atoms with Crippen LogP contribution < -0.4 is 5.32 Å². The maximum atomic E-state index is 12.3. The first-order valence-electron chi connectivity index (χ1n) is 8.07. The van der Waals surface area contributed by atoms with E-state index in [1.54, 1.807) is 0 Å². The fourth-order valence-corrected chi connectivity index (χ4v) is 3.95. The Morgan fingerprint density at radius 1 is 1.21 bits per heavy atom. The highest BCUT2D eigenvalue weighted by Gasteiger charge is 2.52. The van der Waals surface area contributed by atoms with Crippen molar-refractivity contribution in [2.75, 3.05) is 6.61 Å². The second kappa shape index (κ2) is 5.08. The lowest BCUT2D eigenvalue weighted by atomic mass is 9.76. The van der Waals surface area contributed by atoms with Gasteiger partial charge in [0.25, 0.3) is 0 Å². The van der Waals surface area contributed by atoms with Gasteiger partial charge in [-0.1, -0.05) is 19.3 Å². The van der Waals surface area contributed by atoms with Crippen LogP contribution in [0.2, 0.25) is 0 Å². The Morgan fingerprint density at radius 3 is 2.47 bits per heavy atom. The molecule has 0 unspecified atom stereocenters. The Bertz CT molecular complexity index is 347. The quantitative estimate of drug-likeness (QED) is 0.802. The monoisotopic (exact) mass is 265 g/mol. The first-order valence-corrected chi connectivity index (χ1v) is 8.07. The van der Waals surface area contributed by atoms with E-state index in [0.717, 1.165) is 25.2 Å². The van der Waals surface area contributed by atoms with Gasteiger partial charge < -0.3 is 10.4 Å². The summed E-state index contributed by atoms with van der Waals surface area (Å²) in [4.78, 5) is 12.3. The summed E-state index contributed by atoms with van der Waals surface area (Å²) >= 11 is 0. The second-order valence-corrected chi connectivity index (χ2v) is 7.24. The van der Waals surface area contributed by atoms with E-state index in [9.17, 15) is 9.90 Å². The lowest BCUT2D eigenvalue weighted by Crippen LogP contribution is -2.55. The summed E-state index contributed by atoms with van der Waals surface area (Å²) in [6, 6.07) is 0. The number of hydrogen-bond acceptors (Lipinski definition) is 2. The number of hydrogen-bond donors (Lipinski definition) is 2. The zero-order chi connectivity index (χ0) is 13.5. The zero-order valence-electron chi connectivity index (χ0n) is 12.0. The Hall–Kier alpha value is -0.570. The topological polar surface area (TPSA) is 49.3 Å². The normalized spacial score (nSPS) is 34.6. The second-order valence-electron chi connectivity index (χ2n) is 7.24. The SMILES string of the molecule is C[C@](CO)(NC(=O)[C@H]1C[C@@H]1C1CC1)C1CCCCC1. The van der Waals surface area contributed by atoms with Crippen LogP contribution >= 0.6 is 0 Å². The molecule has 0 spiro atoms. The molecule has 0 aromatic heterocycles. The molecule has 2 N–H and O–H groups in total. The Morgan fingerprint density at radius 2 is 1.89 bits per heavy atom. The third-order valence-electron chi connectivity index (χ3n) is 5.65. The average molecular weight is 265 g/mol. The first-order chi connectivity index (χ1) is 9.14. The van der Waals surface area contributed by atoms with Gasteiger partial charge in [0, 0.05) is 5.92 Å². The average Bonchev–Trinajstić information content (AvgIpc) is 3.30. The van der Waals surface area contributed by atoms with Crippen molar-refractivity contribution in [2.24, 2.45) is 23.7 Å². The van der Waals surface area contributed by atoms with E-state index >= 15 is 0 Å². The van der Waals surface area contributed by atoms with Crippen molar-refractivity contribution in [3.05, 3.63) is 0 Å². The van der Waals surface area contributed by atoms with Crippen LogP contribution in [0.3, 0.4) is 0 Å². The molecular formula is C16H27NO2. The minimum Gasteiger partial charge on any atom is -0.394 e. The van der Waals surface area contributed by atoms with Crippen LogP contribution in [0.15, 0.2) is 0 Å². The van der Waals surface area contributed by atoms with Crippen molar-refractivity contribution in [1.82, 2.24) is 5.32 Å². The van der Waals surface area contributed by atoms with E-state index in [4.69, 9.17) is 0 Å². The van der Waals surface area contributed by atoms with Crippen molar-refractivity contribution in [2.45, 2.75) is 63.8 Å². The van der Waals surface area contributed by atoms with Gasteiger partial charge in [0.2, 0.25) is 5.91 Å². The third-order valence-corrected chi connectivity index (χ3v) is 5.65. The van der Waals surface area contributed by atoms with E-state index in [-0.39, 0.29) is 18.4 Å². The molecule has 0 saturated heterocycles. The van der Waals surface area contributed by atoms with Gasteiger partial charge in [0.15, 0.2) is 0 Å². The Balaban J connectivity index is 1.57. The van der Waals surface area contributed by atoms with Crippen molar-refractivity contribution in [3.8, 4) is 0 Å². The summed E-state index contributed by atoms with van der Waals surface area (Å²) in [6.45, 7) is 2.11. The minimum atomic E-state index is -0.395. The van der Waals surface area contributed by atoms with Gasteiger partial charge in [-0.25, -0.2) is 0 Å². The van der Waals surface area contributed by atoms with Crippen LogP contribution in [-0.2, 0) is 4.79 Å². The highest BCUT2D eigenvalue weighted by atomic mass is 16.3. The van der Waals surface area contributed by atoms with Crippen LogP contribution in [0.4, 0.5) is 0 Å². The van der Waals surface area contributed by atoms with E-state index in [2.05, 4.69) is 5.32 Å². The molecule has 108 valence electrons. The molecule has 3 rings (SSSR count). The number of amides is 1. The standard InChI is InChI=1S/C16H27NO2/c1-16(10-18,12-5-3-2-4-6-12)17-15(19)14-9-13(14)11-7-8-11/h11-14,18H,2-10H2,1H3,(H,17,19)/t13-,14+,16-/m1/s1. The van der Waals surface area contributed by atoms with Crippen molar-refractivity contribution in [3.63, 3.8) is 0 Å². The largest absolute Gasteiger partial charge is 0.394 e. The fourth-order valence-electron chi connectivity index (χ4n) is 3.95. The molecule has 0 heterocycles. The molecule has 3 fully saturated rings. The molecule has 1 amide bonds. The van der Waals surface area contributed by atoms with Gasteiger partial charge in [-0.3, -0.25) is 4.79 Å². The molecule has 0 aliphatic heterocycles. The lowest BCUT2D eigenvalue weighted by Gasteiger charge is -2.39. The first kappa shape index (κ1) is 13.4. The molecular weight excluding hydrogens is 238 g/mol. The molecule has 0 aromatic rings. The van der Waals surface area contributed by atoms with Crippen molar-refractivity contribution < 1.29 is 9.90 Å². The number of carbonyl (C=O) groups is 1. The lowest BCUT2D eigenvalue weighted by molar-refractivity contribution is -0.126. The predicted octanol–water partition coefficient (Wildman–Crippen LogP) is 2.48. The third kappa shape index (κ3) is 2.81. The maximum Gasteiger partial charge on any atom is 0.223 e. The van der Waals surface area contributed by atoms with Gasteiger partial charge in [0.1, 0.15) is 0 Å². The minimum absolute atomic E-state index is 0.0736. The maximum absolute atomic E-state index is 12.3. The molecule has 0 bridgehead atoms. The summed E-state index contributed by atoms with van der Waals surface area (Å²) in [5, 5.41) is 13.0. The Kier molecular flexibility index (Phi) is 3.59. The summed E-state index contributed by atoms with van der Waals surface area (Å²) in [7, 11) is 0. The summed E-state index contributed by atoms with van der Waals surface area (Å²) in [6.07, 6.45) is 9.82. The zero-order valence-corrected chi connectivity index (χ0v) is 12.0. The smallest absolute Gasteiger partial charge is 0.223 e. The number of carbonyl (C=O) groups excluding carboxylic acids is 1. The number of aliphatic hydroxyl groups is 1. The molecule has 3 saturated carbocycles. The number of aliphatic hydroxyl groups excluding tert-OH is 1. The summed E-state index contributed by atoms with van der Waals surface area (Å²) in [5.41, 5.74) is -0.395.